The number of hydrogen-bond acceptors (Lipinski definition) is 5. The van der Waals surface area contributed by atoms with Gasteiger partial charge in [0.1, 0.15) is 18.0 Å². The van der Waals surface area contributed by atoms with Gasteiger partial charge in [-0.25, -0.2) is 9.97 Å². The van der Waals surface area contributed by atoms with Crippen LogP contribution in [0.2, 0.25) is 0 Å². The third-order valence-corrected chi connectivity index (χ3v) is 2.90. The molecule has 0 radical (unpaired) electrons. The molecular formula is C12H22N4O. The molecule has 0 aliphatic carbocycles. The number of rotatable bonds is 4. The average Bonchev–Trinajstić information content (AvgIpc) is 2.22. The molecule has 0 saturated carbocycles. The smallest absolute Gasteiger partial charge is 0.134 e. The molecule has 4 N–H and O–H groups in total. The first-order chi connectivity index (χ1) is 7.86. The van der Waals surface area contributed by atoms with E-state index in [4.69, 9.17) is 10.8 Å². The van der Waals surface area contributed by atoms with E-state index in [-0.39, 0.29) is 18.1 Å². The molecule has 1 rings (SSSR count). The van der Waals surface area contributed by atoms with Gasteiger partial charge in [0.25, 0.3) is 0 Å². The van der Waals surface area contributed by atoms with Gasteiger partial charge in [-0.1, -0.05) is 20.8 Å². The first-order valence-electron chi connectivity index (χ1n) is 5.80. The van der Waals surface area contributed by atoms with E-state index in [9.17, 15) is 0 Å². The van der Waals surface area contributed by atoms with Gasteiger partial charge in [-0.3, -0.25) is 0 Å². The number of aliphatic hydroxyl groups is 1. The van der Waals surface area contributed by atoms with Crippen LogP contribution in [0.4, 0.5) is 11.6 Å². The minimum absolute atomic E-state index is 0.0366. The van der Waals surface area contributed by atoms with E-state index in [2.05, 4.69) is 36.1 Å². The SMILES string of the molecule is Cc1c(N)ncnc1NC(CCO)C(C)(C)C. The fraction of sp³-hybridized carbons (Fsp3) is 0.667. The summed E-state index contributed by atoms with van der Waals surface area (Å²) in [5, 5.41) is 12.4. The molecule has 5 nitrogen and oxygen atoms in total. The van der Waals surface area contributed by atoms with Crippen molar-refractivity contribution >= 4 is 11.6 Å². The van der Waals surface area contributed by atoms with Gasteiger partial charge in [0.15, 0.2) is 0 Å². The highest BCUT2D eigenvalue weighted by molar-refractivity contribution is 5.54. The summed E-state index contributed by atoms with van der Waals surface area (Å²) in [6.45, 7) is 8.41. The van der Waals surface area contributed by atoms with E-state index in [0.29, 0.717) is 12.2 Å². The molecule has 5 heteroatoms. The second-order valence-electron chi connectivity index (χ2n) is 5.31. The van der Waals surface area contributed by atoms with E-state index in [1.165, 1.54) is 6.33 Å². The molecule has 1 aromatic rings. The van der Waals surface area contributed by atoms with Crippen LogP contribution in [0, 0.1) is 12.3 Å². The number of nitrogen functional groups attached to an aromatic ring is 1. The third-order valence-electron chi connectivity index (χ3n) is 2.90. The normalized spacial score (nSPS) is 13.5. The van der Waals surface area contributed by atoms with E-state index < -0.39 is 0 Å². The number of hydrogen-bond donors (Lipinski definition) is 3. The Hall–Kier alpha value is -1.36. The highest BCUT2D eigenvalue weighted by Gasteiger charge is 2.25. The van der Waals surface area contributed by atoms with Crippen LogP contribution in [0.15, 0.2) is 6.33 Å². The fourth-order valence-corrected chi connectivity index (χ4v) is 1.63. The van der Waals surface area contributed by atoms with E-state index in [1.54, 1.807) is 0 Å². The first-order valence-corrected chi connectivity index (χ1v) is 5.80. The van der Waals surface area contributed by atoms with Gasteiger partial charge in [0.05, 0.1) is 0 Å². The Balaban J connectivity index is 2.90. The topological polar surface area (TPSA) is 84.1 Å². The lowest BCUT2D eigenvalue weighted by Gasteiger charge is -2.32. The van der Waals surface area contributed by atoms with Crippen molar-refractivity contribution in [2.75, 3.05) is 17.7 Å². The van der Waals surface area contributed by atoms with Crippen LogP contribution in [0.3, 0.4) is 0 Å². The zero-order valence-corrected chi connectivity index (χ0v) is 11.0. The van der Waals surface area contributed by atoms with Crippen LogP contribution in [0.25, 0.3) is 0 Å². The molecule has 0 fully saturated rings. The summed E-state index contributed by atoms with van der Waals surface area (Å²) in [7, 11) is 0. The van der Waals surface area contributed by atoms with Crippen LogP contribution in [0.1, 0.15) is 32.8 Å². The number of aromatic nitrogens is 2. The van der Waals surface area contributed by atoms with Crippen molar-refractivity contribution in [1.82, 2.24) is 9.97 Å². The van der Waals surface area contributed by atoms with Gasteiger partial charge in [0, 0.05) is 18.2 Å². The zero-order valence-electron chi connectivity index (χ0n) is 11.0. The first kappa shape index (κ1) is 13.7. The van der Waals surface area contributed by atoms with Gasteiger partial charge in [-0.2, -0.15) is 0 Å². The molecule has 0 aliphatic rings. The number of nitrogens with two attached hydrogens (primary N) is 1. The number of aliphatic hydroxyl groups excluding tert-OH is 1. The molecule has 0 amide bonds. The molecule has 0 bridgehead atoms. The Morgan fingerprint density at radius 1 is 1.41 bits per heavy atom. The van der Waals surface area contributed by atoms with Crippen LogP contribution in [-0.2, 0) is 0 Å². The minimum Gasteiger partial charge on any atom is -0.396 e. The number of nitrogens with zero attached hydrogens (tertiary/aromatic N) is 2. The van der Waals surface area contributed by atoms with Gasteiger partial charge in [-0.05, 0) is 18.8 Å². The lowest BCUT2D eigenvalue weighted by molar-refractivity contribution is 0.235. The summed E-state index contributed by atoms with van der Waals surface area (Å²) in [6, 6.07) is 0.139. The predicted octanol–water partition coefficient (Wildman–Crippen LogP) is 1.58. The monoisotopic (exact) mass is 238 g/mol. The Morgan fingerprint density at radius 2 is 2.06 bits per heavy atom. The van der Waals surface area contributed by atoms with Crippen molar-refractivity contribution in [2.24, 2.45) is 5.41 Å². The lowest BCUT2D eigenvalue weighted by atomic mass is 9.85. The molecular weight excluding hydrogens is 216 g/mol. The molecule has 1 heterocycles. The maximum absolute atomic E-state index is 9.10. The van der Waals surface area contributed by atoms with E-state index in [1.807, 2.05) is 6.92 Å². The summed E-state index contributed by atoms with van der Waals surface area (Å²) in [5.41, 5.74) is 6.62. The lowest BCUT2D eigenvalue weighted by Crippen LogP contribution is -2.35. The van der Waals surface area contributed by atoms with Gasteiger partial charge >= 0.3 is 0 Å². The Kier molecular flexibility index (Phi) is 4.28. The van der Waals surface area contributed by atoms with Crippen molar-refractivity contribution in [3.05, 3.63) is 11.9 Å². The molecule has 17 heavy (non-hydrogen) atoms. The minimum atomic E-state index is 0.0366. The largest absolute Gasteiger partial charge is 0.396 e. The molecule has 0 aliphatic heterocycles. The molecule has 0 spiro atoms. The van der Waals surface area contributed by atoms with Crippen molar-refractivity contribution in [3.63, 3.8) is 0 Å². The molecule has 1 aromatic heterocycles. The van der Waals surface area contributed by atoms with Crippen molar-refractivity contribution < 1.29 is 5.11 Å². The summed E-state index contributed by atoms with van der Waals surface area (Å²) < 4.78 is 0. The molecule has 0 saturated heterocycles. The molecule has 96 valence electrons. The highest BCUT2D eigenvalue weighted by Crippen LogP contribution is 2.26. The van der Waals surface area contributed by atoms with Crippen molar-refractivity contribution in [1.29, 1.82) is 0 Å². The third kappa shape index (κ3) is 3.56. The predicted molar refractivity (Wildman–Crippen MR) is 69.7 cm³/mol. The molecule has 1 unspecified atom stereocenters. The molecule has 1 atom stereocenters. The van der Waals surface area contributed by atoms with E-state index >= 15 is 0 Å². The second-order valence-corrected chi connectivity index (χ2v) is 5.31. The standard InChI is InChI=1S/C12H22N4O/c1-8-10(13)14-7-15-11(8)16-9(5-6-17)12(2,3)4/h7,9,17H,5-6H2,1-4H3,(H3,13,14,15,16). The quantitative estimate of drug-likeness (QED) is 0.741. The van der Waals surface area contributed by atoms with Crippen LogP contribution < -0.4 is 11.1 Å². The maximum Gasteiger partial charge on any atom is 0.134 e. The van der Waals surface area contributed by atoms with E-state index in [0.717, 1.165) is 11.4 Å². The van der Waals surface area contributed by atoms with Crippen molar-refractivity contribution in [2.45, 2.75) is 40.2 Å². The van der Waals surface area contributed by atoms with Gasteiger partial charge in [0.2, 0.25) is 0 Å². The maximum atomic E-state index is 9.10. The highest BCUT2D eigenvalue weighted by atomic mass is 16.3. The summed E-state index contributed by atoms with van der Waals surface area (Å²) in [4.78, 5) is 8.12. The van der Waals surface area contributed by atoms with Crippen LogP contribution in [0.5, 0.6) is 0 Å². The van der Waals surface area contributed by atoms with Crippen LogP contribution in [-0.4, -0.2) is 27.7 Å². The Bertz CT molecular complexity index is 373. The summed E-state index contributed by atoms with van der Waals surface area (Å²) >= 11 is 0. The number of nitrogens with one attached hydrogen (secondary N) is 1. The van der Waals surface area contributed by atoms with Crippen molar-refractivity contribution in [3.8, 4) is 0 Å². The summed E-state index contributed by atoms with van der Waals surface area (Å²) in [6.07, 6.45) is 2.12. The second kappa shape index (κ2) is 5.31. The zero-order chi connectivity index (χ0) is 13.1. The Labute approximate surface area is 102 Å². The van der Waals surface area contributed by atoms with Gasteiger partial charge < -0.3 is 16.2 Å². The van der Waals surface area contributed by atoms with Gasteiger partial charge in [-0.15, -0.1) is 0 Å². The number of anilines is 2. The summed E-state index contributed by atoms with van der Waals surface area (Å²) in [5.74, 6) is 1.23. The average molecular weight is 238 g/mol. The molecule has 0 aromatic carbocycles. The van der Waals surface area contributed by atoms with Crippen LogP contribution >= 0.6 is 0 Å². The Morgan fingerprint density at radius 3 is 2.59 bits per heavy atom. The fourth-order valence-electron chi connectivity index (χ4n) is 1.63.